The number of hydrogen-bond donors (Lipinski definition) is 3. The number of hydrogen-bond acceptors (Lipinski definition) is 2. The summed E-state index contributed by atoms with van der Waals surface area (Å²) < 4.78 is 0. The molecule has 5 heteroatoms. The predicted molar refractivity (Wildman–Crippen MR) is 66.2 cm³/mol. The quantitative estimate of drug-likeness (QED) is 0.698. The van der Waals surface area contributed by atoms with Gasteiger partial charge >= 0.3 is 5.69 Å². The van der Waals surface area contributed by atoms with Gasteiger partial charge in [0.2, 0.25) is 0 Å². The van der Waals surface area contributed by atoms with Crippen LogP contribution in [-0.2, 0) is 0 Å². The molecule has 0 saturated carbocycles. The third-order valence-electron chi connectivity index (χ3n) is 2.59. The van der Waals surface area contributed by atoms with Gasteiger partial charge in [-0.15, -0.1) is 0 Å². The Morgan fingerprint density at radius 3 is 2.82 bits per heavy atom. The number of aromatic nitrogens is 2. The lowest BCUT2D eigenvalue weighted by Crippen LogP contribution is -2.24. The lowest BCUT2D eigenvalue weighted by molar-refractivity contribution is 0.0953. The van der Waals surface area contributed by atoms with Gasteiger partial charge in [0.25, 0.3) is 5.91 Å². The number of H-pyrrole nitrogens is 2. The minimum absolute atomic E-state index is 0.109. The number of unbranched alkanes of at least 4 members (excludes halogenated alkanes) is 1. The third kappa shape index (κ3) is 2.55. The lowest BCUT2D eigenvalue weighted by Gasteiger charge is -2.03. The Bertz CT molecular complexity index is 583. The van der Waals surface area contributed by atoms with Crippen LogP contribution in [0.1, 0.15) is 30.1 Å². The number of carbonyl (C=O) groups is 1. The highest BCUT2D eigenvalue weighted by molar-refractivity contribution is 5.97. The highest BCUT2D eigenvalue weighted by Gasteiger charge is 2.06. The van der Waals surface area contributed by atoms with E-state index in [9.17, 15) is 9.59 Å². The largest absolute Gasteiger partial charge is 0.352 e. The number of amides is 1. The van der Waals surface area contributed by atoms with Crippen LogP contribution in [0.3, 0.4) is 0 Å². The standard InChI is InChI=1S/C12H15N3O2/c1-2-3-6-13-11(16)8-4-5-9-10(7-8)15-12(17)14-9/h4-5,7H,2-3,6H2,1H3,(H,13,16)(H2,14,15,17). The molecule has 90 valence electrons. The van der Waals surface area contributed by atoms with E-state index in [0.717, 1.165) is 12.8 Å². The number of aromatic amines is 2. The molecule has 0 aliphatic rings. The van der Waals surface area contributed by atoms with Crippen molar-refractivity contribution in [3.05, 3.63) is 34.2 Å². The van der Waals surface area contributed by atoms with Crippen molar-refractivity contribution in [3.8, 4) is 0 Å². The first-order valence-electron chi connectivity index (χ1n) is 5.71. The summed E-state index contributed by atoms with van der Waals surface area (Å²) in [6, 6.07) is 5.10. The summed E-state index contributed by atoms with van der Waals surface area (Å²) in [5, 5.41) is 2.83. The Balaban J connectivity index is 2.17. The number of nitrogens with one attached hydrogen (secondary N) is 3. The van der Waals surface area contributed by atoms with Crippen LogP contribution >= 0.6 is 0 Å². The fraction of sp³-hybridized carbons (Fsp3) is 0.333. The SMILES string of the molecule is CCCCNC(=O)c1ccc2[nH]c(=O)[nH]c2c1. The zero-order valence-corrected chi connectivity index (χ0v) is 9.67. The van der Waals surface area contributed by atoms with Crippen molar-refractivity contribution in [2.75, 3.05) is 6.54 Å². The lowest BCUT2D eigenvalue weighted by atomic mass is 10.2. The molecule has 2 rings (SSSR count). The predicted octanol–water partition coefficient (Wildman–Crippen LogP) is 1.39. The average molecular weight is 233 g/mol. The van der Waals surface area contributed by atoms with Gasteiger partial charge in [-0.3, -0.25) is 4.79 Å². The summed E-state index contributed by atoms with van der Waals surface area (Å²) in [5.41, 5.74) is 1.66. The van der Waals surface area contributed by atoms with E-state index in [0.29, 0.717) is 23.1 Å². The highest BCUT2D eigenvalue weighted by Crippen LogP contribution is 2.09. The minimum Gasteiger partial charge on any atom is -0.352 e. The van der Waals surface area contributed by atoms with E-state index in [2.05, 4.69) is 22.2 Å². The van der Waals surface area contributed by atoms with Crippen molar-refractivity contribution in [3.63, 3.8) is 0 Å². The Kier molecular flexibility index (Phi) is 3.27. The van der Waals surface area contributed by atoms with E-state index in [1.807, 2.05) is 0 Å². The van der Waals surface area contributed by atoms with Crippen LogP contribution in [0.15, 0.2) is 23.0 Å². The molecule has 1 aromatic heterocycles. The zero-order chi connectivity index (χ0) is 12.3. The second-order valence-electron chi connectivity index (χ2n) is 3.95. The van der Waals surface area contributed by atoms with Gasteiger partial charge in [0.15, 0.2) is 0 Å². The van der Waals surface area contributed by atoms with Gasteiger partial charge in [-0.1, -0.05) is 13.3 Å². The summed E-state index contributed by atoms with van der Waals surface area (Å²) in [6.45, 7) is 2.75. The second-order valence-corrected chi connectivity index (χ2v) is 3.95. The fourth-order valence-corrected chi connectivity index (χ4v) is 1.65. The van der Waals surface area contributed by atoms with Crippen LogP contribution in [0.2, 0.25) is 0 Å². The van der Waals surface area contributed by atoms with Gasteiger partial charge in [0.05, 0.1) is 11.0 Å². The molecule has 0 radical (unpaired) electrons. The first-order valence-corrected chi connectivity index (χ1v) is 5.71. The molecule has 0 unspecified atom stereocenters. The number of fused-ring (bicyclic) bond motifs is 1. The van der Waals surface area contributed by atoms with Crippen molar-refractivity contribution in [2.45, 2.75) is 19.8 Å². The summed E-state index contributed by atoms with van der Waals surface area (Å²) >= 11 is 0. The van der Waals surface area contributed by atoms with Crippen LogP contribution in [0.25, 0.3) is 11.0 Å². The molecule has 1 heterocycles. The topological polar surface area (TPSA) is 77.8 Å². The molecule has 0 spiro atoms. The molecule has 0 aliphatic heterocycles. The van der Waals surface area contributed by atoms with E-state index >= 15 is 0 Å². The van der Waals surface area contributed by atoms with E-state index in [-0.39, 0.29) is 11.6 Å². The van der Waals surface area contributed by atoms with Crippen molar-refractivity contribution < 1.29 is 4.79 Å². The maximum absolute atomic E-state index is 11.8. The molecular formula is C12H15N3O2. The Hall–Kier alpha value is -2.04. The number of rotatable bonds is 4. The highest BCUT2D eigenvalue weighted by atomic mass is 16.1. The van der Waals surface area contributed by atoms with Crippen LogP contribution in [0.4, 0.5) is 0 Å². The van der Waals surface area contributed by atoms with Crippen molar-refractivity contribution in [1.29, 1.82) is 0 Å². The Labute approximate surface area is 98.2 Å². The van der Waals surface area contributed by atoms with Gasteiger partial charge < -0.3 is 15.3 Å². The summed E-state index contributed by atoms with van der Waals surface area (Å²) in [7, 11) is 0. The second kappa shape index (κ2) is 4.86. The number of benzene rings is 1. The van der Waals surface area contributed by atoms with Crippen LogP contribution in [0, 0.1) is 0 Å². The number of carbonyl (C=O) groups excluding carboxylic acids is 1. The normalized spacial score (nSPS) is 10.6. The summed E-state index contributed by atoms with van der Waals surface area (Å²) in [4.78, 5) is 28.1. The van der Waals surface area contributed by atoms with Gasteiger partial charge in [0, 0.05) is 12.1 Å². The van der Waals surface area contributed by atoms with E-state index in [4.69, 9.17) is 0 Å². The van der Waals surface area contributed by atoms with Crippen molar-refractivity contribution in [2.24, 2.45) is 0 Å². The van der Waals surface area contributed by atoms with Gasteiger partial charge in [-0.2, -0.15) is 0 Å². The average Bonchev–Trinajstić information content (AvgIpc) is 2.68. The van der Waals surface area contributed by atoms with Crippen LogP contribution in [0.5, 0.6) is 0 Å². The molecule has 17 heavy (non-hydrogen) atoms. The molecule has 3 N–H and O–H groups in total. The van der Waals surface area contributed by atoms with Gasteiger partial charge in [0.1, 0.15) is 0 Å². The van der Waals surface area contributed by atoms with Crippen LogP contribution in [-0.4, -0.2) is 22.4 Å². The Morgan fingerprint density at radius 2 is 2.06 bits per heavy atom. The zero-order valence-electron chi connectivity index (χ0n) is 9.67. The third-order valence-corrected chi connectivity index (χ3v) is 2.59. The van der Waals surface area contributed by atoms with E-state index in [1.54, 1.807) is 18.2 Å². The van der Waals surface area contributed by atoms with E-state index in [1.165, 1.54) is 0 Å². The first-order chi connectivity index (χ1) is 8.20. The molecule has 0 saturated heterocycles. The number of imidazole rings is 1. The molecule has 0 fully saturated rings. The molecule has 0 bridgehead atoms. The van der Waals surface area contributed by atoms with E-state index < -0.39 is 0 Å². The molecule has 1 amide bonds. The monoisotopic (exact) mass is 233 g/mol. The summed E-state index contributed by atoms with van der Waals surface area (Å²) in [5.74, 6) is -0.109. The molecule has 2 aromatic rings. The van der Waals surface area contributed by atoms with Crippen molar-refractivity contribution >= 4 is 16.9 Å². The Morgan fingerprint density at radius 1 is 1.29 bits per heavy atom. The van der Waals surface area contributed by atoms with Crippen molar-refractivity contribution in [1.82, 2.24) is 15.3 Å². The van der Waals surface area contributed by atoms with Gasteiger partial charge in [-0.05, 0) is 24.6 Å². The molecule has 1 aromatic carbocycles. The molecule has 5 nitrogen and oxygen atoms in total. The molecule has 0 aliphatic carbocycles. The molecular weight excluding hydrogens is 218 g/mol. The summed E-state index contributed by atoms with van der Waals surface area (Å²) in [6.07, 6.45) is 2.01. The van der Waals surface area contributed by atoms with Crippen LogP contribution < -0.4 is 11.0 Å². The van der Waals surface area contributed by atoms with Gasteiger partial charge in [-0.25, -0.2) is 4.79 Å². The minimum atomic E-state index is -0.261. The maximum Gasteiger partial charge on any atom is 0.323 e. The smallest absolute Gasteiger partial charge is 0.323 e. The molecule has 0 atom stereocenters. The maximum atomic E-state index is 11.8. The first kappa shape index (κ1) is 11.4. The fourth-order valence-electron chi connectivity index (χ4n) is 1.65.